The number of carbonyl (C=O) groups is 1. The summed E-state index contributed by atoms with van der Waals surface area (Å²) in [5, 5.41) is 3.69. The Balaban J connectivity index is 2.01. The fourth-order valence-corrected chi connectivity index (χ4v) is 2.87. The van der Waals surface area contributed by atoms with Crippen LogP contribution >= 0.6 is 11.6 Å². The van der Waals surface area contributed by atoms with Crippen molar-refractivity contribution in [3.05, 3.63) is 34.6 Å². The van der Waals surface area contributed by atoms with Crippen molar-refractivity contribution in [2.75, 3.05) is 13.1 Å². The van der Waals surface area contributed by atoms with Gasteiger partial charge < -0.3 is 5.32 Å². The van der Waals surface area contributed by atoms with Crippen LogP contribution in [0.1, 0.15) is 36.5 Å². The number of ketones is 1. The molecule has 4 heteroatoms. The van der Waals surface area contributed by atoms with Crippen LogP contribution in [-0.4, -0.2) is 18.9 Å². The number of halogens is 2. The molecule has 2 nitrogen and oxygen atoms in total. The minimum atomic E-state index is -0.417. The minimum Gasteiger partial charge on any atom is -0.316 e. The van der Waals surface area contributed by atoms with Crippen LogP contribution in [0.4, 0.5) is 4.39 Å². The van der Waals surface area contributed by atoms with Crippen LogP contribution in [0, 0.1) is 17.7 Å². The summed E-state index contributed by atoms with van der Waals surface area (Å²) in [6, 6.07) is 3.95. The Bertz CT molecular complexity index is 457. The zero-order valence-corrected chi connectivity index (χ0v) is 11.8. The Morgan fingerprint density at radius 2 is 2.37 bits per heavy atom. The minimum absolute atomic E-state index is 0.0671. The Hall–Kier alpha value is -0.930. The Kier molecular flexibility index (Phi) is 4.94. The molecule has 1 aliphatic heterocycles. The summed E-state index contributed by atoms with van der Waals surface area (Å²) in [7, 11) is 0. The maximum Gasteiger partial charge on any atom is 0.164 e. The molecule has 1 aliphatic rings. The molecular formula is C15H19ClFNO. The van der Waals surface area contributed by atoms with Gasteiger partial charge in [-0.05, 0) is 56.0 Å². The van der Waals surface area contributed by atoms with Crippen molar-refractivity contribution in [1.82, 2.24) is 5.32 Å². The highest BCUT2D eigenvalue weighted by Gasteiger charge is 2.23. The predicted molar refractivity (Wildman–Crippen MR) is 75.1 cm³/mol. The van der Waals surface area contributed by atoms with E-state index in [-0.39, 0.29) is 5.78 Å². The van der Waals surface area contributed by atoms with Crippen molar-refractivity contribution in [3.8, 4) is 0 Å². The molecule has 1 aromatic rings. The summed E-state index contributed by atoms with van der Waals surface area (Å²) in [5.74, 6) is 0.326. The van der Waals surface area contributed by atoms with Gasteiger partial charge in [-0.3, -0.25) is 4.79 Å². The normalized spacial score (nSPS) is 21.1. The summed E-state index contributed by atoms with van der Waals surface area (Å²) < 4.78 is 13.2. The average Bonchev–Trinajstić information content (AvgIpc) is 2.42. The first-order valence-corrected chi connectivity index (χ1v) is 7.14. The van der Waals surface area contributed by atoms with E-state index in [1.807, 2.05) is 0 Å². The van der Waals surface area contributed by atoms with Crippen molar-refractivity contribution in [2.24, 2.45) is 11.8 Å². The maximum absolute atomic E-state index is 13.2. The number of nitrogens with one attached hydrogen (secondary N) is 1. The van der Waals surface area contributed by atoms with E-state index in [1.165, 1.54) is 18.2 Å². The van der Waals surface area contributed by atoms with E-state index in [1.54, 1.807) is 0 Å². The number of benzene rings is 1. The Morgan fingerprint density at radius 1 is 1.58 bits per heavy atom. The van der Waals surface area contributed by atoms with Gasteiger partial charge in [-0.15, -0.1) is 0 Å². The molecule has 0 amide bonds. The van der Waals surface area contributed by atoms with Crippen LogP contribution in [0.2, 0.25) is 5.02 Å². The number of hydrogen-bond donors (Lipinski definition) is 1. The number of piperidine rings is 1. The second-order valence-electron chi connectivity index (χ2n) is 5.34. The van der Waals surface area contributed by atoms with Crippen molar-refractivity contribution in [3.63, 3.8) is 0 Å². The molecule has 1 N–H and O–H groups in total. The summed E-state index contributed by atoms with van der Waals surface area (Å²) in [4.78, 5) is 12.2. The van der Waals surface area contributed by atoms with E-state index < -0.39 is 5.82 Å². The highest BCUT2D eigenvalue weighted by Crippen LogP contribution is 2.26. The van der Waals surface area contributed by atoms with E-state index in [0.29, 0.717) is 28.8 Å². The maximum atomic E-state index is 13.2. The van der Waals surface area contributed by atoms with Crippen LogP contribution in [0.3, 0.4) is 0 Å². The molecule has 2 unspecified atom stereocenters. The van der Waals surface area contributed by atoms with Crippen molar-refractivity contribution in [1.29, 1.82) is 0 Å². The molecule has 2 atom stereocenters. The SMILES string of the molecule is CC(CC(=O)c1cc(F)ccc1Cl)C1CCCNC1. The van der Waals surface area contributed by atoms with Crippen LogP contribution < -0.4 is 5.32 Å². The quantitative estimate of drug-likeness (QED) is 0.854. The van der Waals surface area contributed by atoms with Gasteiger partial charge in [-0.25, -0.2) is 4.39 Å². The number of hydrogen-bond acceptors (Lipinski definition) is 2. The van der Waals surface area contributed by atoms with Gasteiger partial charge >= 0.3 is 0 Å². The lowest BCUT2D eigenvalue weighted by molar-refractivity contribution is 0.0942. The number of Topliss-reactive ketones (excluding diaryl/α,β-unsaturated/α-hetero) is 1. The second kappa shape index (κ2) is 6.49. The first-order valence-electron chi connectivity index (χ1n) is 6.77. The molecule has 0 saturated carbocycles. The molecule has 1 heterocycles. The third-order valence-electron chi connectivity index (χ3n) is 3.88. The van der Waals surface area contributed by atoms with Crippen molar-refractivity contribution in [2.45, 2.75) is 26.2 Å². The van der Waals surface area contributed by atoms with Gasteiger partial charge in [0, 0.05) is 12.0 Å². The van der Waals surface area contributed by atoms with E-state index in [4.69, 9.17) is 11.6 Å². The average molecular weight is 284 g/mol. The fraction of sp³-hybridized carbons (Fsp3) is 0.533. The highest BCUT2D eigenvalue weighted by atomic mass is 35.5. The molecule has 1 fully saturated rings. The molecule has 0 aliphatic carbocycles. The van der Waals surface area contributed by atoms with Crippen molar-refractivity contribution >= 4 is 17.4 Å². The second-order valence-corrected chi connectivity index (χ2v) is 5.74. The van der Waals surface area contributed by atoms with Gasteiger partial charge in [0.15, 0.2) is 5.78 Å². The van der Waals surface area contributed by atoms with E-state index in [0.717, 1.165) is 25.9 Å². The van der Waals surface area contributed by atoms with Gasteiger partial charge in [0.25, 0.3) is 0 Å². The van der Waals surface area contributed by atoms with Crippen LogP contribution in [0.15, 0.2) is 18.2 Å². The van der Waals surface area contributed by atoms with Gasteiger partial charge in [-0.2, -0.15) is 0 Å². The standard InChI is InChI=1S/C15H19ClFNO/c1-10(11-3-2-6-18-9-11)7-15(19)13-8-12(17)4-5-14(13)16/h4-5,8,10-11,18H,2-3,6-7,9H2,1H3. The molecule has 0 spiro atoms. The Morgan fingerprint density at radius 3 is 3.05 bits per heavy atom. The van der Waals surface area contributed by atoms with E-state index in [9.17, 15) is 9.18 Å². The lowest BCUT2D eigenvalue weighted by atomic mass is 9.83. The van der Waals surface area contributed by atoms with Crippen molar-refractivity contribution < 1.29 is 9.18 Å². The predicted octanol–water partition coefficient (Wildman–Crippen LogP) is 3.69. The Labute approximate surface area is 118 Å². The summed E-state index contributed by atoms with van der Waals surface area (Å²) in [6.45, 7) is 4.11. The zero-order valence-electron chi connectivity index (χ0n) is 11.1. The van der Waals surface area contributed by atoms with Crippen LogP contribution in [0.5, 0.6) is 0 Å². The third kappa shape index (κ3) is 3.77. The smallest absolute Gasteiger partial charge is 0.164 e. The molecule has 1 aromatic carbocycles. The summed E-state index contributed by atoms with van der Waals surface area (Å²) in [6.07, 6.45) is 2.73. The van der Waals surface area contributed by atoms with Gasteiger partial charge in [0.05, 0.1) is 5.02 Å². The molecule has 19 heavy (non-hydrogen) atoms. The molecule has 104 valence electrons. The van der Waals surface area contributed by atoms with Crippen LogP contribution in [-0.2, 0) is 0 Å². The number of carbonyl (C=O) groups excluding carboxylic acids is 1. The molecular weight excluding hydrogens is 265 g/mol. The van der Waals surface area contributed by atoms with Gasteiger partial charge in [-0.1, -0.05) is 18.5 Å². The zero-order chi connectivity index (χ0) is 13.8. The largest absolute Gasteiger partial charge is 0.316 e. The van der Waals surface area contributed by atoms with Gasteiger partial charge in [0.1, 0.15) is 5.82 Å². The number of rotatable bonds is 4. The molecule has 0 aromatic heterocycles. The molecule has 2 rings (SSSR count). The molecule has 0 bridgehead atoms. The topological polar surface area (TPSA) is 29.1 Å². The monoisotopic (exact) mass is 283 g/mol. The molecule has 1 saturated heterocycles. The summed E-state index contributed by atoms with van der Waals surface area (Å²) >= 11 is 5.96. The van der Waals surface area contributed by atoms with Gasteiger partial charge in [0.2, 0.25) is 0 Å². The first-order chi connectivity index (χ1) is 9.08. The summed E-state index contributed by atoms with van der Waals surface area (Å²) in [5.41, 5.74) is 0.303. The fourth-order valence-electron chi connectivity index (χ4n) is 2.64. The highest BCUT2D eigenvalue weighted by molar-refractivity contribution is 6.33. The van der Waals surface area contributed by atoms with E-state index in [2.05, 4.69) is 12.2 Å². The lowest BCUT2D eigenvalue weighted by Gasteiger charge is -2.28. The lowest BCUT2D eigenvalue weighted by Crippen LogP contribution is -2.34. The first kappa shape index (κ1) is 14.5. The van der Waals surface area contributed by atoms with E-state index >= 15 is 0 Å². The third-order valence-corrected chi connectivity index (χ3v) is 4.21. The van der Waals surface area contributed by atoms with Crippen LogP contribution in [0.25, 0.3) is 0 Å². The molecule has 0 radical (unpaired) electrons.